The van der Waals surface area contributed by atoms with Crippen molar-refractivity contribution in [2.24, 2.45) is 5.92 Å². The van der Waals surface area contributed by atoms with Crippen LogP contribution >= 0.6 is 12.2 Å². The fourth-order valence-corrected chi connectivity index (χ4v) is 3.57. The van der Waals surface area contributed by atoms with Gasteiger partial charge in [-0.05, 0) is 30.6 Å². The van der Waals surface area contributed by atoms with Crippen LogP contribution in [0, 0.1) is 5.92 Å². The van der Waals surface area contributed by atoms with Crippen LogP contribution in [0.3, 0.4) is 0 Å². The molecule has 1 aromatic heterocycles. The molecule has 1 fully saturated rings. The second-order valence-corrected chi connectivity index (χ2v) is 5.96. The fourth-order valence-electron chi connectivity index (χ4n) is 3.33. The third-order valence-electron chi connectivity index (χ3n) is 4.16. The summed E-state index contributed by atoms with van der Waals surface area (Å²) in [6.07, 6.45) is 2.97. The summed E-state index contributed by atoms with van der Waals surface area (Å²) in [5, 5.41) is 3.99. The van der Waals surface area contributed by atoms with Gasteiger partial charge >= 0.3 is 0 Å². The maximum atomic E-state index is 12.0. The number of nitrogens with one attached hydrogen (secondary N) is 1. The van der Waals surface area contributed by atoms with Crippen molar-refractivity contribution in [3.05, 3.63) is 46.9 Å². The molecule has 3 heterocycles. The molecule has 0 aromatic carbocycles. The van der Waals surface area contributed by atoms with E-state index in [4.69, 9.17) is 12.2 Å². The SMILES string of the molecule is C=CCNC(=S)N1C[C@@H]2C[C@H](C1)c1cccc(=O)n1C2. The normalized spacial score (nSPS) is 23.9. The van der Waals surface area contributed by atoms with Crippen LogP contribution < -0.4 is 10.9 Å². The first kappa shape index (κ1) is 13.4. The summed E-state index contributed by atoms with van der Waals surface area (Å²) >= 11 is 5.44. The number of pyridine rings is 1. The van der Waals surface area contributed by atoms with E-state index in [1.54, 1.807) is 6.07 Å². The molecule has 4 nitrogen and oxygen atoms in total. The van der Waals surface area contributed by atoms with Crippen molar-refractivity contribution in [1.29, 1.82) is 0 Å². The third-order valence-corrected chi connectivity index (χ3v) is 4.57. The molecule has 2 bridgehead atoms. The smallest absolute Gasteiger partial charge is 0.250 e. The Hall–Kier alpha value is -1.62. The van der Waals surface area contributed by atoms with Gasteiger partial charge < -0.3 is 14.8 Å². The zero-order chi connectivity index (χ0) is 14.1. The molecule has 0 spiro atoms. The first-order valence-electron chi connectivity index (χ1n) is 7.02. The van der Waals surface area contributed by atoms with Crippen LogP contribution in [0.1, 0.15) is 18.0 Å². The highest BCUT2D eigenvalue weighted by atomic mass is 32.1. The molecule has 1 aromatic rings. The Morgan fingerprint density at radius 3 is 3.10 bits per heavy atom. The average molecular weight is 289 g/mol. The number of hydrogen-bond acceptors (Lipinski definition) is 2. The van der Waals surface area contributed by atoms with E-state index in [0.717, 1.165) is 36.9 Å². The lowest BCUT2D eigenvalue weighted by molar-refractivity contribution is 0.177. The minimum Gasteiger partial charge on any atom is -0.359 e. The van der Waals surface area contributed by atoms with Crippen molar-refractivity contribution in [2.45, 2.75) is 18.9 Å². The highest BCUT2D eigenvalue weighted by Crippen LogP contribution is 2.34. The minimum absolute atomic E-state index is 0.123. The fraction of sp³-hybridized carbons (Fsp3) is 0.467. The Morgan fingerprint density at radius 2 is 2.30 bits per heavy atom. The Morgan fingerprint density at radius 1 is 1.45 bits per heavy atom. The van der Waals surface area contributed by atoms with E-state index in [1.165, 1.54) is 0 Å². The molecule has 0 aliphatic carbocycles. The lowest BCUT2D eigenvalue weighted by Crippen LogP contribution is -2.51. The van der Waals surface area contributed by atoms with Crippen molar-refractivity contribution < 1.29 is 0 Å². The van der Waals surface area contributed by atoms with Gasteiger partial charge in [-0.3, -0.25) is 4.79 Å². The van der Waals surface area contributed by atoms with Gasteiger partial charge in [0.15, 0.2) is 5.11 Å². The van der Waals surface area contributed by atoms with Crippen LogP contribution in [-0.2, 0) is 6.54 Å². The molecule has 20 heavy (non-hydrogen) atoms. The molecule has 1 saturated heterocycles. The molecule has 2 aliphatic rings. The Kier molecular flexibility index (Phi) is 3.61. The monoisotopic (exact) mass is 289 g/mol. The number of likely N-dealkylation sites (tertiary alicyclic amines) is 1. The van der Waals surface area contributed by atoms with E-state index >= 15 is 0 Å². The lowest BCUT2D eigenvalue weighted by atomic mass is 9.83. The molecule has 2 aliphatic heterocycles. The van der Waals surface area contributed by atoms with Crippen molar-refractivity contribution in [3.8, 4) is 0 Å². The van der Waals surface area contributed by atoms with Crippen molar-refractivity contribution in [2.75, 3.05) is 19.6 Å². The number of hydrogen-bond donors (Lipinski definition) is 1. The van der Waals surface area contributed by atoms with Crippen LogP contribution in [0.25, 0.3) is 0 Å². The molecular weight excluding hydrogens is 270 g/mol. The van der Waals surface area contributed by atoms with Crippen LogP contribution in [-0.4, -0.2) is 34.2 Å². The quantitative estimate of drug-likeness (QED) is 0.658. The molecule has 1 N–H and O–H groups in total. The zero-order valence-corrected chi connectivity index (χ0v) is 12.2. The molecule has 106 valence electrons. The average Bonchev–Trinajstić information content (AvgIpc) is 2.46. The van der Waals surface area contributed by atoms with Crippen LogP contribution in [0.2, 0.25) is 0 Å². The number of nitrogens with zero attached hydrogens (tertiary/aromatic N) is 2. The van der Waals surface area contributed by atoms with Gasteiger partial charge in [0.1, 0.15) is 0 Å². The Labute approximate surface area is 124 Å². The molecular formula is C15H19N3OS. The third kappa shape index (κ3) is 2.38. The summed E-state index contributed by atoms with van der Waals surface area (Å²) in [6.45, 7) is 7.03. The van der Waals surface area contributed by atoms with Crippen LogP contribution in [0.5, 0.6) is 0 Å². The van der Waals surface area contributed by atoms with Crippen LogP contribution in [0.4, 0.5) is 0 Å². The van der Waals surface area contributed by atoms with Gasteiger partial charge in [-0.2, -0.15) is 0 Å². The Balaban J connectivity index is 1.82. The summed E-state index contributed by atoms with van der Waals surface area (Å²) in [5.41, 5.74) is 1.28. The first-order valence-corrected chi connectivity index (χ1v) is 7.43. The van der Waals surface area contributed by atoms with Gasteiger partial charge in [0.05, 0.1) is 0 Å². The topological polar surface area (TPSA) is 37.3 Å². The molecule has 0 saturated carbocycles. The van der Waals surface area contributed by atoms with E-state index < -0.39 is 0 Å². The number of aromatic nitrogens is 1. The van der Waals surface area contributed by atoms with Gasteiger partial charge in [0.25, 0.3) is 5.56 Å². The molecule has 0 unspecified atom stereocenters. The zero-order valence-electron chi connectivity index (χ0n) is 11.4. The Bertz CT molecular complexity index is 595. The summed E-state index contributed by atoms with van der Waals surface area (Å²) in [6, 6.07) is 5.59. The van der Waals surface area contributed by atoms with Gasteiger partial charge in [0.2, 0.25) is 0 Å². The second kappa shape index (κ2) is 5.40. The molecule has 0 radical (unpaired) electrons. The first-order chi connectivity index (χ1) is 9.69. The second-order valence-electron chi connectivity index (χ2n) is 5.58. The van der Waals surface area contributed by atoms with Gasteiger partial charge in [-0.15, -0.1) is 6.58 Å². The number of fused-ring (bicyclic) bond motifs is 4. The van der Waals surface area contributed by atoms with E-state index in [1.807, 2.05) is 16.7 Å². The van der Waals surface area contributed by atoms with E-state index in [-0.39, 0.29) is 5.56 Å². The van der Waals surface area contributed by atoms with Crippen molar-refractivity contribution in [1.82, 2.24) is 14.8 Å². The van der Waals surface area contributed by atoms with Gasteiger partial charge in [0, 0.05) is 43.9 Å². The van der Waals surface area contributed by atoms with Gasteiger partial charge in [-0.25, -0.2) is 0 Å². The standard InChI is InChI=1S/C15H19N3OS/c1-2-6-16-15(20)17-8-11-7-12(10-17)13-4-3-5-14(19)18(13)9-11/h2-5,11-12H,1,6-10H2,(H,16,20)/t11-,12+/m0/s1. The predicted molar refractivity (Wildman–Crippen MR) is 83.9 cm³/mol. The van der Waals surface area contributed by atoms with Crippen molar-refractivity contribution >= 4 is 17.3 Å². The predicted octanol–water partition coefficient (Wildman–Crippen LogP) is 1.33. The molecule has 5 heteroatoms. The maximum absolute atomic E-state index is 12.0. The highest BCUT2D eigenvalue weighted by molar-refractivity contribution is 7.80. The minimum atomic E-state index is 0.123. The van der Waals surface area contributed by atoms with Crippen LogP contribution in [0.15, 0.2) is 35.6 Å². The van der Waals surface area contributed by atoms with Gasteiger partial charge in [-0.1, -0.05) is 12.1 Å². The van der Waals surface area contributed by atoms with E-state index in [0.29, 0.717) is 18.4 Å². The number of thiocarbonyl (C=S) groups is 1. The van der Waals surface area contributed by atoms with Crippen molar-refractivity contribution in [3.63, 3.8) is 0 Å². The maximum Gasteiger partial charge on any atom is 0.250 e. The lowest BCUT2D eigenvalue weighted by Gasteiger charge is -2.43. The van der Waals surface area contributed by atoms with E-state index in [9.17, 15) is 4.79 Å². The summed E-state index contributed by atoms with van der Waals surface area (Å²) in [5.74, 6) is 0.907. The largest absolute Gasteiger partial charge is 0.359 e. The summed E-state index contributed by atoms with van der Waals surface area (Å²) < 4.78 is 1.94. The number of rotatable bonds is 2. The molecule has 2 atom stereocenters. The number of piperidine rings is 1. The molecule has 3 rings (SSSR count). The summed E-state index contributed by atoms with van der Waals surface area (Å²) in [4.78, 5) is 14.2. The molecule has 0 amide bonds. The van der Waals surface area contributed by atoms with E-state index in [2.05, 4.69) is 22.9 Å². The summed E-state index contributed by atoms with van der Waals surface area (Å²) in [7, 11) is 0. The highest BCUT2D eigenvalue weighted by Gasteiger charge is 2.35.